The molecule has 0 aromatic heterocycles. The Hall–Kier alpha value is -1.49. The van der Waals surface area contributed by atoms with Crippen LogP contribution in [0.2, 0.25) is 0 Å². The number of carbonyl (C=O) groups excluding carboxylic acids is 1. The first-order chi connectivity index (χ1) is 9.95. The number of nitrogens with one attached hydrogen (secondary N) is 1. The quantitative estimate of drug-likeness (QED) is 0.905. The molecule has 0 spiro atoms. The van der Waals surface area contributed by atoms with Crippen molar-refractivity contribution >= 4 is 5.91 Å². The third-order valence-corrected chi connectivity index (χ3v) is 3.66. The van der Waals surface area contributed by atoms with E-state index >= 15 is 0 Å². The number of amides is 1. The maximum absolute atomic E-state index is 13.1. The number of likely N-dealkylation sites (tertiary alicyclic amines) is 1. The summed E-state index contributed by atoms with van der Waals surface area (Å²) in [5.74, 6) is -1.06. The van der Waals surface area contributed by atoms with Gasteiger partial charge >= 0.3 is 0 Å². The fraction of sp³-hybridized carbons (Fsp3) is 0.562. The molecule has 1 amide bonds. The van der Waals surface area contributed by atoms with Crippen LogP contribution in [0.1, 0.15) is 32.3 Å². The Bertz CT molecular complexity index is 485. The smallest absolute Gasteiger partial charge is 0.239 e. The minimum Gasteiger partial charge on any atom is -0.341 e. The normalized spacial score (nSPS) is 19.4. The Balaban J connectivity index is 1.94. The molecular formula is C16H22F2N2O. The van der Waals surface area contributed by atoms with E-state index in [4.69, 9.17) is 0 Å². The highest BCUT2D eigenvalue weighted by Gasteiger charge is 2.28. The van der Waals surface area contributed by atoms with Gasteiger partial charge < -0.3 is 10.2 Å². The first-order valence-corrected chi connectivity index (χ1v) is 7.45. The molecular weight excluding hydrogens is 274 g/mol. The molecule has 1 aromatic carbocycles. The number of piperidine rings is 1. The SMILES string of the molecule is CC(C)NC1CCCN(CCc2cc(F)cc(F)c2)C1=O. The van der Waals surface area contributed by atoms with E-state index in [9.17, 15) is 13.6 Å². The zero-order valence-corrected chi connectivity index (χ0v) is 12.5. The molecule has 1 N–H and O–H groups in total. The molecule has 0 radical (unpaired) electrons. The third-order valence-electron chi connectivity index (χ3n) is 3.66. The van der Waals surface area contributed by atoms with Gasteiger partial charge in [0.2, 0.25) is 5.91 Å². The fourth-order valence-electron chi connectivity index (χ4n) is 2.74. The van der Waals surface area contributed by atoms with Crippen LogP contribution in [0.5, 0.6) is 0 Å². The fourth-order valence-corrected chi connectivity index (χ4v) is 2.74. The predicted octanol–water partition coefficient (Wildman–Crippen LogP) is 2.50. The standard InChI is InChI=1S/C16H22F2N2O/c1-11(2)19-15-4-3-6-20(16(15)21)7-5-12-8-13(17)10-14(18)9-12/h8-11,15,19H,3-7H2,1-2H3. The molecule has 0 aliphatic carbocycles. The third kappa shape index (κ3) is 4.49. The van der Waals surface area contributed by atoms with Crippen molar-refractivity contribution in [3.8, 4) is 0 Å². The molecule has 1 aliphatic rings. The molecule has 3 nitrogen and oxygen atoms in total. The summed E-state index contributed by atoms with van der Waals surface area (Å²) < 4.78 is 26.3. The summed E-state index contributed by atoms with van der Waals surface area (Å²) in [5.41, 5.74) is 0.583. The largest absolute Gasteiger partial charge is 0.341 e. The maximum Gasteiger partial charge on any atom is 0.239 e. The van der Waals surface area contributed by atoms with E-state index in [0.29, 0.717) is 25.1 Å². The van der Waals surface area contributed by atoms with Crippen molar-refractivity contribution in [1.29, 1.82) is 0 Å². The second kappa shape index (κ2) is 6.98. The van der Waals surface area contributed by atoms with Crippen molar-refractivity contribution in [2.45, 2.75) is 45.2 Å². The van der Waals surface area contributed by atoms with Gasteiger partial charge in [-0.2, -0.15) is 0 Å². The number of carbonyl (C=O) groups is 1. The van der Waals surface area contributed by atoms with Gasteiger partial charge in [-0.3, -0.25) is 4.79 Å². The summed E-state index contributed by atoms with van der Waals surface area (Å²) in [5, 5.41) is 3.27. The summed E-state index contributed by atoms with van der Waals surface area (Å²) in [7, 11) is 0. The molecule has 0 bridgehead atoms. The lowest BCUT2D eigenvalue weighted by atomic mass is 10.0. The average molecular weight is 296 g/mol. The molecule has 116 valence electrons. The van der Waals surface area contributed by atoms with Crippen molar-refractivity contribution in [2.75, 3.05) is 13.1 Å². The Morgan fingerprint density at radius 2 is 1.95 bits per heavy atom. The zero-order valence-electron chi connectivity index (χ0n) is 12.5. The van der Waals surface area contributed by atoms with Crippen LogP contribution < -0.4 is 5.32 Å². The highest BCUT2D eigenvalue weighted by molar-refractivity contribution is 5.82. The summed E-state index contributed by atoms with van der Waals surface area (Å²) in [4.78, 5) is 14.1. The number of rotatable bonds is 5. The lowest BCUT2D eigenvalue weighted by molar-refractivity contribution is -0.136. The minimum absolute atomic E-state index is 0.0897. The van der Waals surface area contributed by atoms with Crippen LogP contribution in [0.3, 0.4) is 0 Å². The molecule has 21 heavy (non-hydrogen) atoms. The molecule has 1 unspecified atom stereocenters. The van der Waals surface area contributed by atoms with Crippen LogP contribution in [0.15, 0.2) is 18.2 Å². The summed E-state index contributed by atoms with van der Waals surface area (Å²) in [6.07, 6.45) is 2.27. The van der Waals surface area contributed by atoms with E-state index in [-0.39, 0.29) is 18.0 Å². The molecule has 1 fully saturated rings. The Kier molecular flexibility index (Phi) is 5.28. The monoisotopic (exact) mass is 296 g/mol. The molecule has 1 aliphatic heterocycles. The van der Waals surface area contributed by atoms with E-state index in [1.54, 1.807) is 4.90 Å². The molecule has 2 rings (SSSR count). The number of halogens is 2. The second-order valence-corrected chi connectivity index (χ2v) is 5.87. The number of nitrogens with zero attached hydrogens (tertiary/aromatic N) is 1. The zero-order chi connectivity index (χ0) is 15.4. The van der Waals surface area contributed by atoms with Crippen molar-refractivity contribution in [2.24, 2.45) is 0 Å². The molecule has 1 aromatic rings. The lowest BCUT2D eigenvalue weighted by Crippen LogP contribution is -2.52. The van der Waals surface area contributed by atoms with E-state index in [0.717, 1.165) is 18.9 Å². The van der Waals surface area contributed by atoms with Crippen molar-refractivity contribution in [3.63, 3.8) is 0 Å². The van der Waals surface area contributed by atoms with E-state index in [2.05, 4.69) is 5.32 Å². The van der Waals surface area contributed by atoms with Gasteiger partial charge in [0.1, 0.15) is 11.6 Å². The number of hydrogen-bond acceptors (Lipinski definition) is 2. The molecule has 0 saturated carbocycles. The van der Waals surface area contributed by atoms with Crippen LogP contribution in [0.25, 0.3) is 0 Å². The van der Waals surface area contributed by atoms with Crippen molar-refractivity contribution in [3.05, 3.63) is 35.4 Å². The topological polar surface area (TPSA) is 32.3 Å². The summed E-state index contributed by atoms with van der Waals surface area (Å²) in [6.45, 7) is 5.24. The van der Waals surface area contributed by atoms with Gasteiger partial charge in [-0.1, -0.05) is 13.8 Å². The van der Waals surface area contributed by atoms with E-state index in [1.165, 1.54) is 12.1 Å². The van der Waals surface area contributed by atoms with E-state index in [1.807, 2.05) is 13.8 Å². The Morgan fingerprint density at radius 1 is 1.29 bits per heavy atom. The molecule has 1 heterocycles. The van der Waals surface area contributed by atoms with Gasteiger partial charge in [0, 0.05) is 25.2 Å². The maximum atomic E-state index is 13.1. The van der Waals surface area contributed by atoms with Gasteiger partial charge in [-0.15, -0.1) is 0 Å². The van der Waals surface area contributed by atoms with Gasteiger partial charge in [0.05, 0.1) is 6.04 Å². The van der Waals surface area contributed by atoms with Gasteiger partial charge in [-0.25, -0.2) is 8.78 Å². The lowest BCUT2D eigenvalue weighted by Gasteiger charge is -2.33. The summed E-state index contributed by atoms with van der Waals surface area (Å²) >= 11 is 0. The highest BCUT2D eigenvalue weighted by atomic mass is 19.1. The van der Waals surface area contributed by atoms with Crippen LogP contribution >= 0.6 is 0 Å². The first-order valence-electron chi connectivity index (χ1n) is 7.45. The van der Waals surface area contributed by atoms with Crippen LogP contribution in [0, 0.1) is 11.6 Å². The highest BCUT2D eigenvalue weighted by Crippen LogP contribution is 2.14. The van der Waals surface area contributed by atoms with Crippen LogP contribution in [-0.2, 0) is 11.2 Å². The van der Waals surface area contributed by atoms with Gasteiger partial charge in [0.25, 0.3) is 0 Å². The molecule has 5 heteroatoms. The van der Waals surface area contributed by atoms with Gasteiger partial charge in [0.15, 0.2) is 0 Å². The van der Waals surface area contributed by atoms with Gasteiger partial charge in [-0.05, 0) is 37.0 Å². The second-order valence-electron chi connectivity index (χ2n) is 5.87. The molecule has 1 atom stereocenters. The van der Waals surface area contributed by atoms with Crippen molar-refractivity contribution < 1.29 is 13.6 Å². The minimum atomic E-state index is -0.575. The Morgan fingerprint density at radius 3 is 2.57 bits per heavy atom. The number of benzene rings is 1. The average Bonchev–Trinajstić information content (AvgIpc) is 2.38. The first kappa shape index (κ1) is 15.9. The predicted molar refractivity (Wildman–Crippen MR) is 77.9 cm³/mol. The number of hydrogen-bond donors (Lipinski definition) is 1. The van der Waals surface area contributed by atoms with Crippen LogP contribution in [-0.4, -0.2) is 36.0 Å². The van der Waals surface area contributed by atoms with Crippen molar-refractivity contribution in [1.82, 2.24) is 10.2 Å². The van der Waals surface area contributed by atoms with E-state index < -0.39 is 11.6 Å². The summed E-state index contributed by atoms with van der Waals surface area (Å²) in [6, 6.07) is 3.63. The Labute approximate surface area is 124 Å². The van der Waals surface area contributed by atoms with Crippen LogP contribution in [0.4, 0.5) is 8.78 Å². The molecule has 1 saturated heterocycles.